The minimum absolute atomic E-state index is 0.0662. The molecule has 270 valence electrons. The van der Waals surface area contributed by atoms with E-state index in [0.717, 1.165) is 13.0 Å². The van der Waals surface area contributed by atoms with Crippen LogP contribution in [0.2, 0.25) is 0 Å². The van der Waals surface area contributed by atoms with E-state index >= 15 is 0 Å². The Morgan fingerprint density at radius 2 is 1.43 bits per heavy atom. The Morgan fingerprint density at radius 1 is 0.957 bits per heavy atom. The number of aliphatic hydroxyl groups is 1. The molecule has 2 aliphatic heterocycles. The highest BCUT2D eigenvalue weighted by atomic mass is 32.2. The van der Waals surface area contributed by atoms with Gasteiger partial charge >= 0.3 is 0 Å². The molecule has 0 aromatic heterocycles. The Morgan fingerprint density at radius 3 is 1.80 bits per heavy atom. The lowest BCUT2D eigenvalue weighted by Gasteiger charge is -2.22. The summed E-state index contributed by atoms with van der Waals surface area (Å²) < 4.78 is 5.31. The van der Waals surface area contributed by atoms with Crippen LogP contribution in [0.4, 0.5) is 0 Å². The third-order valence-corrected chi connectivity index (χ3v) is 8.15. The number of thioether (sulfide) groups is 2. The number of likely N-dealkylation sites (tertiary alicyclic amines) is 2. The van der Waals surface area contributed by atoms with Gasteiger partial charge in [-0.15, -0.1) is 0 Å². The van der Waals surface area contributed by atoms with E-state index < -0.39 is 5.60 Å². The molecule has 2 saturated heterocycles. The van der Waals surface area contributed by atoms with Crippen molar-refractivity contribution in [3.63, 3.8) is 0 Å². The number of nitrogens with one attached hydrogen (secondary N) is 2. The van der Waals surface area contributed by atoms with Gasteiger partial charge in [0.25, 0.3) is 0 Å². The van der Waals surface area contributed by atoms with Crippen molar-refractivity contribution in [2.45, 2.75) is 104 Å². The number of nitrogens with zero attached hydrogens (tertiary/aromatic N) is 2. The fraction of sp³-hybridized carbons (Fsp3) is 0.812. The Balaban J connectivity index is -0.000000599. The first kappa shape index (κ1) is 48.4. The Bertz CT molecular complexity index is 890. The number of carbonyl (C=O) groups is 6. The van der Waals surface area contributed by atoms with Crippen molar-refractivity contribution >= 4 is 59.3 Å². The average molecular weight is 695 g/mol. The maximum atomic E-state index is 11.8. The fourth-order valence-corrected chi connectivity index (χ4v) is 4.88. The molecule has 2 heterocycles. The van der Waals surface area contributed by atoms with Gasteiger partial charge in [0.05, 0.1) is 29.3 Å². The molecule has 0 saturated carbocycles. The largest absolute Gasteiger partial charge is 0.393 e. The molecule has 3 N–H and O–H groups in total. The van der Waals surface area contributed by atoms with Gasteiger partial charge in [0, 0.05) is 51.9 Å². The maximum absolute atomic E-state index is 11.8. The molecule has 2 aliphatic rings. The van der Waals surface area contributed by atoms with Crippen LogP contribution in [0.25, 0.3) is 0 Å². The first-order chi connectivity index (χ1) is 21.8. The predicted molar refractivity (Wildman–Crippen MR) is 189 cm³/mol. The smallest absolute Gasteiger partial charge is 0.242 e. The number of likely N-dealkylation sites (N-methyl/N-ethyl adjacent to an activating group) is 1. The molecule has 2 fully saturated rings. The lowest BCUT2D eigenvalue weighted by atomic mass is 10.1. The zero-order valence-electron chi connectivity index (χ0n) is 30.1. The van der Waals surface area contributed by atoms with E-state index in [2.05, 4.69) is 24.5 Å². The van der Waals surface area contributed by atoms with Crippen molar-refractivity contribution in [3.05, 3.63) is 0 Å². The van der Waals surface area contributed by atoms with E-state index in [1.165, 1.54) is 33.3 Å². The molecule has 2 rings (SSSR count). The van der Waals surface area contributed by atoms with Crippen LogP contribution in [0.15, 0.2) is 0 Å². The molecule has 2 unspecified atom stereocenters. The Hall–Kier alpha value is -2.00. The van der Waals surface area contributed by atoms with Crippen LogP contribution in [-0.2, 0) is 33.5 Å². The van der Waals surface area contributed by atoms with Crippen LogP contribution in [0.3, 0.4) is 0 Å². The normalized spacial score (nSPS) is 17.2. The van der Waals surface area contributed by atoms with Gasteiger partial charge in [0.1, 0.15) is 6.29 Å². The van der Waals surface area contributed by atoms with Crippen LogP contribution in [-0.4, -0.2) is 126 Å². The van der Waals surface area contributed by atoms with Crippen LogP contribution in [0.5, 0.6) is 0 Å². The highest BCUT2D eigenvalue weighted by Gasteiger charge is 2.38. The summed E-state index contributed by atoms with van der Waals surface area (Å²) in [5.74, 6) is -0.199. The minimum atomic E-state index is -0.392. The van der Waals surface area contributed by atoms with Gasteiger partial charge in [-0.3, -0.25) is 33.8 Å². The van der Waals surface area contributed by atoms with E-state index in [0.29, 0.717) is 25.4 Å². The van der Waals surface area contributed by atoms with Crippen molar-refractivity contribution in [1.82, 2.24) is 20.4 Å². The molecule has 2 atom stereocenters. The van der Waals surface area contributed by atoms with Crippen LogP contribution >= 0.6 is 23.5 Å². The summed E-state index contributed by atoms with van der Waals surface area (Å²) in [6.07, 6.45) is 6.23. The molecule has 0 aromatic carbocycles. The summed E-state index contributed by atoms with van der Waals surface area (Å²) in [7, 11) is 1.87. The zero-order chi connectivity index (χ0) is 36.3. The fourth-order valence-electron chi connectivity index (χ4n) is 3.60. The molecular formula is C32H62N4O8S2. The van der Waals surface area contributed by atoms with E-state index in [1.54, 1.807) is 6.26 Å². The maximum Gasteiger partial charge on any atom is 0.242 e. The summed E-state index contributed by atoms with van der Waals surface area (Å²) in [5.41, 5.74) is -0.392. The molecule has 46 heavy (non-hydrogen) atoms. The van der Waals surface area contributed by atoms with Gasteiger partial charge in [-0.2, -0.15) is 23.5 Å². The average Bonchev–Trinajstić information content (AvgIpc) is 3.48. The number of aliphatic hydroxyl groups excluding tert-OH is 1. The molecule has 0 spiro atoms. The van der Waals surface area contributed by atoms with Crippen molar-refractivity contribution in [2.24, 2.45) is 5.92 Å². The summed E-state index contributed by atoms with van der Waals surface area (Å²) in [5, 5.41) is 14.0. The SMILES string of the molecule is CC.CC.CNCCOC(C)(C)CO.CSC1CC(=O)N(CCC(=O)NCCC(C)C)C1=O.CSC1CC(=O)N(CCC=O)C1=O. The van der Waals surface area contributed by atoms with Gasteiger partial charge in [-0.05, 0) is 45.7 Å². The zero-order valence-corrected chi connectivity index (χ0v) is 31.7. The van der Waals surface area contributed by atoms with Crippen molar-refractivity contribution < 1.29 is 38.6 Å². The van der Waals surface area contributed by atoms with Crippen LogP contribution in [0, 0.1) is 5.92 Å². The van der Waals surface area contributed by atoms with Gasteiger partial charge in [0.15, 0.2) is 0 Å². The number of carbonyl (C=O) groups excluding carboxylic acids is 6. The topological polar surface area (TPSA) is 162 Å². The molecule has 0 aromatic rings. The molecular weight excluding hydrogens is 633 g/mol. The van der Waals surface area contributed by atoms with E-state index in [4.69, 9.17) is 9.84 Å². The lowest BCUT2D eigenvalue weighted by molar-refractivity contribution is -0.140. The second kappa shape index (κ2) is 29.2. The van der Waals surface area contributed by atoms with Gasteiger partial charge in [-0.25, -0.2) is 0 Å². The quantitative estimate of drug-likeness (QED) is 0.124. The molecule has 14 heteroatoms. The number of hydrogen-bond donors (Lipinski definition) is 3. The summed E-state index contributed by atoms with van der Waals surface area (Å²) in [6, 6.07) is 0. The monoisotopic (exact) mass is 694 g/mol. The molecule has 12 nitrogen and oxygen atoms in total. The summed E-state index contributed by atoms with van der Waals surface area (Å²) >= 11 is 2.77. The highest BCUT2D eigenvalue weighted by Crippen LogP contribution is 2.23. The second-order valence-corrected chi connectivity index (χ2v) is 12.8. The van der Waals surface area contributed by atoms with Crippen LogP contribution in [0.1, 0.15) is 87.5 Å². The van der Waals surface area contributed by atoms with Crippen molar-refractivity contribution in [3.8, 4) is 0 Å². The Kier molecular flexibility index (Phi) is 30.7. The lowest BCUT2D eigenvalue weighted by Crippen LogP contribution is -2.35. The minimum Gasteiger partial charge on any atom is -0.393 e. The summed E-state index contributed by atoms with van der Waals surface area (Å²) in [4.78, 5) is 70.1. The van der Waals surface area contributed by atoms with Crippen LogP contribution < -0.4 is 10.6 Å². The highest BCUT2D eigenvalue weighted by molar-refractivity contribution is 8.00. The number of rotatable bonds is 16. The standard InChI is InChI=1S/C13H22N2O3S.C8H11NO3S.C7H17NO2.2C2H6/c1-9(2)4-6-14-11(16)5-7-15-12(17)8-10(19-3)13(15)18;1-13-6-5-7(11)9(8(6)12)3-2-4-10;1-7(2,6-9)10-5-4-8-3;2*1-2/h9-10H,4-8H2,1-3H3,(H,14,16);4,6H,2-3,5H2,1H3;8-9H,4-6H2,1-3H3;2*1-2H3. The van der Waals surface area contributed by atoms with Gasteiger partial charge in [-0.1, -0.05) is 41.5 Å². The van der Waals surface area contributed by atoms with Gasteiger partial charge < -0.3 is 25.3 Å². The second-order valence-electron chi connectivity index (χ2n) is 10.7. The number of imide groups is 2. The van der Waals surface area contributed by atoms with E-state index in [1.807, 2.05) is 54.8 Å². The van der Waals surface area contributed by atoms with E-state index in [9.17, 15) is 28.8 Å². The molecule has 0 bridgehead atoms. The third kappa shape index (κ3) is 21.0. The molecule has 0 aliphatic carbocycles. The number of ether oxygens (including phenoxy) is 1. The Labute approximate surface area is 286 Å². The third-order valence-electron chi connectivity index (χ3n) is 6.28. The first-order valence-electron chi connectivity index (χ1n) is 16.1. The number of amides is 5. The van der Waals surface area contributed by atoms with Crippen molar-refractivity contribution in [1.29, 1.82) is 0 Å². The van der Waals surface area contributed by atoms with E-state index in [-0.39, 0.29) is 85.4 Å². The predicted octanol–water partition coefficient (Wildman–Crippen LogP) is 3.14. The molecule has 0 radical (unpaired) electrons. The molecule has 5 amide bonds. The summed E-state index contributed by atoms with van der Waals surface area (Å²) in [6.45, 7) is 18.5. The van der Waals surface area contributed by atoms with Crippen molar-refractivity contribution in [2.75, 3.05) is 59.0 Å². The first-order valence-corrected chi connectivity index (χ1v) is 18.7. The van der Waals surface area contributed by atoms with Gasteiger partial charge in [0.2, 0.25) is 29.5 Å². The number of hydrogen-bond acceptors (Lipinski definition) is 11. The number of aldehydes is 1.